The average molecular weight is 559 g/mol. The van der Waals surface area contributed by atoms with Gasteiger partial charge in [-0.15, -0.1) is 35.3 Å². The molecule has 0 atom stereocenters. The fourth-order valence-corrected chi connectivity index (χ4v) is 3.55. The molecule has 0 saturated carbocycles. The van der Waals surface area contributed by atoms with Gasteiger partial charge in [0.1, 0.15) is 10.8 Å². The lowest BCUT2D eigenvalue weighted by Gasteiger charge is -2.29. The van der Waals surface area contributed by atoms with E-state index in [4.69, 9.17) is 4.74 Å². The highest BCUT2D eigenvalue weighted by molar-refractivity contribution is 14.0. The van der Waals surface area contributed by atoms with Gasteiger partial charge in [-0.2, -0.15) is 13.2 Å². The Balaban J connectivity index is 0.00000320. The highest BCUT2D eigenvalue weighted by atomic mass is 127. The molecule has 0 radical (unpaired) electrons. The topological polar surface area (TPSA) is 61.8 Å². The van der Waals surface area contributed by atoms with Crippen LogP contribution in [-0.4, -0.2) is 44.3 Å². The molecule has 2 heterocycles. The van der Waals surface area contributed by atoms with E-state index < -0.39 is 11.9 Å². The van der Waals surface area contributed by atoms with Gasteiger partial charge in [-0.05, 0) is 17.7 Å². The van der Waals surface area contributed by atoms with Crippen LogP contribution in [0.3, 0.4) is 0 Å². The number of alkyl halides is 3. The zero-order valence-corrected chi connectivity index (χ0v) is 19.3. The molecular formula is C18H22F4IN5OS. The van der Waals surface area contributed by atoms with Crippen LogP contribution in [0.4, 0.5) is 23.2 Å². The molecule has 0 unspecified atom stereocenters. The minimum absolute atomic E-state index is 0. The van der Waals surface area contributed by atoms with Gasteiger partial charge in [0.2, 0.25) is 0 Å². The molecule has 0 bridgehead atoms. The zero-order valence-electron chi connectivity index (χ0n) is 16.1. The fourth-order valence-electron chi connectivity index (χ4n) is 2.81. The van der Waals surface area contributed by atoms with E-state index >= 15 is 0 Å². The van der Waals surface area contributed by atoms with E-state index in [-0.39, 0.29) is 36.3 Å². The molecule has 12 heteroatoms. The van der Waals surface area contributed by atoms with Crippen LogP contribution in [0.1, 0.15) is 16.3 Å². The number of anilines is 1. The van der Waals surface area contributed by atoms with Gasteiger partial charge >= 0.3 is 6.18 Å². The first-order valence-corrected chi connectivity index (χ1v) is 9.82. The molecule has 3 rings (SSSR count). The molecule has 6 nitrogen and oxygen atoms in total. The van der Waals surface area contributed by atoms with Gasteiger partial charge in [-0.25, -0.2) is 9.37 Å². The summed E-state index contributed by atoms with van der Waals surface area (Å²) in [6, 6.07) is 5.02. The third kappa shape index (κ3) is 6.67. The van der Waals surface area contributed by atoms with Gasteiger partial charge in [0.25, 0.3) is 0 Å². The van der Waals surface area contributed by atoms with Crippen LogP contribution in [0.5, 0.6) is 0 Å². The molecular weight excluding hydrogens is 537 g/mol. The van der Waals surface area contributed by atoms with Crippen molar-refractivity contribution in [3.8, 4) is 0 Å². The van der Waals surface area contributed by atoms with Gasteiger partial charge < -0.3 is 20.3 Å². The van der Waals surface area contributed by atoms with Crippen LogP contribution in [0.15, 0.2) is 28.6 Å². The Morgan fingerprint density at radius 2 is 1.93 bits per heavy atom. The van der Waals surface area contributed by atoms with Gasteiger partial charge in [-0.3, -0.25) is 4.99 Å². The van der Waals surface area contributed by atoms with Crippen LogP contribution in [0.25, 0.3) is 0 Å². The number of aromatic nitrogens is 1. The van der Waals surface area contributed by atoms with E-state index in [1.54, 1.807) is 13.1 Å². The largest absolute Gasteiger partial charge is 0.434 e. The van der Waals surface area contributed by atoms with E-state index in [0.717, 1.165) is 22.3 Å². The maximum absolute atomic E-state index is 14.5. The number of guanidine groups is 1. The SMILES string of the molecule is CN=C(NCc1ccc(N2CCOCC2)c(F)c1)NCc1nc(C(F)(F)F)cs1.I. The predicted octanol–water partition coefficient (Wildman–Crippen LogP) is 3.62. The summed E-state index contributed by atoms with van der Waals surface area (Å²) in [6.45, 7) is 2.87. The monoisotopic (exact) mass is 559 g/mol. The molecule has 1 fully saturated rings. The van der Waals surface area contributed by atoms with Crippen LogP contribution < -0.4 is 15.5 Å². The zero-order chi connectivity index (χ0) is 20.9. The van der Waals surface area contributed by atoms with Crippen LogP contribution >= 0.6 is 35.3 Å². The Morgan fingerprint density at radius 3 is 2.53 bits per heavy atom. The summed E-state index contributed by atoms with van der Waals surface area (Å²) in [6.07, 6.45) is -4.45. The third-order valence-corrected chi connectivity index (χ3v) is 5.15. The first-order valence-electron chi connectivity index (χ1n) is 8.94. The molecule has 1 aliphatic rings. The van der Waals surface area contributed by atoms with Crippen LogP contribution in [0, 0.1) is 5.82 Å². The van der Waals surface area contributed by atoms with Crippen molar-refractivity contribution in [2.75, 3.05) is 38.3 Å². The number of nitrogens with one attached hydrogen (secondary N) is 2. The summed E-state index contributed by atoms with van der Waals surface area (Å²) in [5.74, 6) is 0.0723. The maximum Gasteiger partial charge on any atom is 0.434 e. The second-order valence-corrected chi connectivity index (χ2v) is 7.23. The van der Waals surface area contributed by atoms with Gasteiger partial charge in [0.05, 0.1) is 25.4 Å². The molecule has 1 aliphatic heterocycles. The molecule has 0 aliphatic carbocycles. The quantitative estimate of drug-likeness (QED) is 0.254. The maximum atomic E-state index is 14.5. The predicted molar refractivity (Wildman–Crippen MR) is 119 cm³/mol. The number of hydrogen-bond donors (Lipinski definition) is 2. The van der Waals surface area contributed by atoms with Crippen molar-refractivity contribution < 1.29 is 22.3 Å². The summed E-state index contributed by atoms with van der Waals surface area (Å²) >= 11 is 0.921. The van der Waals surface area contributed by atoms with Crippen LogP contribution in [-0.2, 0) is 24.0 Å². The number of hydrogen-bond acceptors (Lipinski definition) is 5. The lowest BCUT2D eigenvalue weighted by atomic mass is 10.1. The fraction of sp³-hybridized carbons (Fsp3) is 0.444. The number of ether oxygens (including phenoxy) is 1. The van der Waals surface area contributed by atoms with Crippen molar-refractivity contribution in [3.05, 3.63) is 45.7 Å². The number of aliphatic imine (C=N–C) groups is 1. The third-order valence-electron chi connectivity index (χ3n) is 4.30. The number of nitrogens with zero attached hydrogens (tertiary/aromatic N) is 3. The van der Waals surface area contributed by atoms with Crippen molar-refractivity contribution in [2.45, 2.75) is 19.3 Å². The molecule has 1 aromatic heterocycles. The molecule has 1 aromatic carbocycles. The van der Waals surface area contributed by atoms with Crippen molar-refractivity contribution >= 4 is 47.0 Å². The minimum atomic E-state index is -4.45. The van der Waals surface area contributed by atoms with E-state index in [9.17, 15) is 17.6 Å². The summed E-state index contributed by atoms with van der Waals surface area (Å²) < 4.78 is 57.5. The smallest absolute Gasteiger partial charge is 0.378 e. The molecule has 0 amide bonds. The highest BCUT2D eigenvalue weighted by Gasteiger charge is 2.33. The molecule has 30 heavy (non-hydrogen) atoms. The van der Waals surface area contributed by atoms with E-state index in [1.165, 1.54) is 6.07 Å². The van der Waals surface area contributed by atoms with Crippen molar-refractivity contribution in [2.24, 2.45) is 4.99 Å². The Kier molecular flexibility index (Phi) is 9.09. The first kappa shape index (κ1) is 24.6. The van der Waals surface area contributed by atoms with Crippen molar-refractivity contribution in [1.82, 2.24) is 15.6 Å². The summed E-state index contributed by atoms with van der Waals surface area (Å²) in [4.78, 5) is 9.52. The second-order valence-electron chi connectivity index (χ2n) is 6.29. The number of rotatable bonds is 5. The second kappa shape index (κ2) is 11.1. The normalized spacial score (nSPS) is 15.0. The van der Waals surface area contributed by atoms with E-state index in [2.05, 4.69) is 20.6 Å². The minimum Gasteiger partial charge on any atom is -0.378 e. The average Bonchev–Trinajstić information content (AvgIpc) is 3.18. The Labute approximate surface area is 192 Å². The Morgan fingerprint density at radius 1 is 1.23 bits per heavy atom. The molecule has 1 saturated heterocycles. The van der Waals surface area contributed by atoms with Gasteiger partial charge in [0.15, 0.2) is 11.7 Å². The van der Waals surface area contributed by atoms with Crippen molar-refractivity contribution in [1.29, 1.82) is 0 Å². The van der Waals surface area contributed by atoms with Crippen molar-refractivity contribution in [3.63, 3.8) is 0 Å². The number of halogens is 5. The Hall–Kier alpha value is -1.67. The Bertz CT molecular complexity index is 855. The highest BCUT2D eigenvalue weighted by Crippen LogP contribution is 2.29. The molecule has 166 valence electrons. The number of thiazole rings is 1. The standard InChI is InChI=1S/C18H21F4N5OS.HI/c1-23-17(25-10-16-26-15(11-29-16)18(20,21)22)24-9-12-2-3-14(13(19)8-12)27-4-6-28-7-5-27;/h2-3,8,11H,4-7,9-10H2,1H3,(H2,23,24,25);1H. The van der Waals surface area contributed by atoms with E-state index in [1.807, 2.05) is 11.0 Å². The summed E-state index contributed by atoms with van der Waals surface area (Å²) in [5.41, 5.74) is 0.359. The lowest BCUT2D eigenvalue weighted by molar-refractivity contribution is -0.140. The first-order chi connectivity index (χ1) is 13.9. The summed E-state index contributed by atoms with van der Waals surface area (Å²) in [5, 5.41) is 7.19. The molecule has 2 aromatic rings. The van der Waals surface area contributed by atoms with Gasteiger partial charge in [-0.1, -0.05) is 6.07 Å². The molecule has 2 N–H and O–H groups in total. The number of morpholine rings is 1. The number of benzene rings is 1. The van der Waals surface area contributed by atoms with Crippen LogP contribution in [0.2, 0.25) is 0 Å². The van der Waals surface area contributed by atoms with E-state index in [0.29, 0.717) is 49.5 Å². The molecule has 0 spiro atoms. The summed E-state index contributed by atoms with van der Waals surface area (Å²) in [7, 11) is 1.54. The van der Waals surface area contributed by atoms with Gasteiger partial charge in [0, 0.05) is 32.1 Å². The lowest BCUT2D eigenvalue weighted by Crippen LogP contribution is -2.37.